The van der Waals surface area contributed by atoms with E-state index in [4.69, 9.17) is 15.2 Å². The van der Waals surface area contributed by atoms with Crippen LogP contribution < -0.4 is 27.0 Å². The predicted molar refractivity (Wildman–Crippen MR) is 272 cm³/mol. The van der Waals surface area contributed by atoms with Crippen molar-refractivity contribution in [3.8, 4) is 0 Å². The van der Waals surface area contributed by atoms with Gasteiger partial charge in [-0.05, 0) is 127 Å². The molecule has 7 N–H and O–H groups in total. The van der Waals surface area contributed by atoms with Gasteiger partial charge in [-0.25, -0.2) is 41.5 Å². The Morgan fingerprint density at radius 2 is 0.901 bits per heavy atom. The molecule has 3 saturated carbocycles. The topological polar surface area (TPSA) is 198 Å². The number of carbonyl (C=O) groups excluding carboxylic acids is 4. The highest BCUT2D eigenvalue weighted by Crippen LogP contribution is 2.43. The average Bonchev–Trinajstić information content (AvgIpc) is 4.10. The molecule has 71 heavy (non-hydrogen) atoms. The molecular weight excluding hydrogens is 983 g/mol. The maximum absolute atomic E-state index is 13.3. The van der Waals surface area contributed by atoms with Crippen molar-refractivity contribution in [2.45, 2.75) is 128 Å². The molecule has 0 aliphatic heterocycles. The number of anilines is 5. The van der Waals surface area contributed by atoms with E-state index in [1.165, 1.54) is 73.3 Å². The van der Waals surface area contributed by atoms with Crippen molar-refractivity contribution in [1.29, 1.82) is 0 Å². The van der Waals surface area contributed by atoms with Gasteiger partial charge in [-0.15, -0.1) is 34.0 Å². The number of ether oxygens (including phenoxy) is 2. The molecule has 3 aliphatic rings. The maximum atomic E-state index is 13.3. The quantitative estimate of drug-likeness (QED) is 0.0520. The molecule has 8 rings (SSSR count). The molecule has 13 nitrogen and oxygen atoms in total. The molecule has 0 unspecified atom stereocenters. The van der Waals surface area contributed by atoms with Crippen molar-refractivity contribution in [1.82, 2.24) is 0 Å². The van der Waals surface area contributed by atoms with Crippen molar-refractivity contribution < 1.29 is 56.1 Å². The van der Waals surface area contributed by atoms with Crippen LogP contribution in [0.5, 0.6) is 0 Å². The number of nitrogens with one attached hydrogen (secondary N) is 4. The number of amides is 4. The van der Waals surface area contributed by atoms with E-state index in [2.05, 4.69) is 21.3 Å². The number of benzene rings is 2. The number of hydrogen-bond acceptors (Lipinski definition) is 11. The third kappa shape index (κ3) is 14.8. The normalized spacial score (nSPS) is 15.2. The first kappa shape index (κ1) is 54.3. The Balaban J connectivity index is 0.000000179. The summed E-state index contributed by atoms with van der Waals surface area (Å²) >= 11 is 3.87. The summed E-state index contributed by atoms with van der Waals surface area (Å²) in [5.41, 5.74) is 9.99. The average molecular weight is 1040 g/mol. The third-order valence-electron chi connectivity index (χ3n) is 12.6. The monoisotopic (exact) mass is 1040 g/mol. The number of halogens is 4. The molecule has 3 heterocycles. The zero-order valence-electron chi connectivity index (χ0n) is 39.6. The molecule has 382 valence electrons. The zero-order chi connectivity index (χ0) is 51.0. The summed E-state index contributed by atoms with van der Waals surface area (Å²) in [5, 5.41) is 26.5. The van der Waals surface area contributed by atoms with Gasteiger partial charge in [0.15, 0.2) is 23.3 Å². The number of urea groups is 2. The van der Waals surface area contributed by atoms with Crippen LogP contribution in [0.1, 0.15) is 176 Å². The fourth-order valence-corrected chi connectivity index (χ4v) is 12.1. The molecule has 0 spiro atoms. The van der Waals surface area contributed by atoms with Crippen LogP contribution in [-0.2, 0) is 9.47 Å². The van der Waals surface area contributed by atoms with Crippen LogP contribution in [0.25, 0.3) is 0 Å². The molecule has 5 aromatic rings. The minimum atomic E-state index is -1.09. The third-order valence-corrected chi connectivity index (χ3v) is 15.3. The second-order valence-electron chi connectivity index (χ2n) is 17.4. The summed E-state index contributed by atoms with van der Waals surface area (Å²) in [7, 11) is 0. The second kappa shape index (κ2) is 26.5. The molecule has 3 fully saturated rings. The van der Waals surface area contributed by atoms with Gasteiger partial charge >= 0.3 is 30.0 Å². The largest absolute Gasteiger partial charge is 0.478 e. The summed E-state index contributed by atoms with van der Waals surface area (Å²) in [6.07, 6.45) is 16.8. The Morgan fingerprint density at radius 1 is 0.535 bits per heavy atom. The van der Waals surface area contributed by atoms with E-state index in [9.17, 15) is 46.6 Å². The van der Waals surface area contributed by atoms with E-state index in [0.29, 0.717) is 33.7 Å². The lowest BCUT2D eigenvalue weighted by atomic mass is 9.83. The highest BCUT2D eigenvalue weighted by Gasteiger charge is 2.30. The smallest absolute Gasteiger partial charge is 0.341 e. The van der Waals surface area contributed by atoms with Crippen molar-refractivity contribution in [3.05, 3.63) is 109 Å². The lowest BCUT2D eigenvalue weighted by Crippen LogP contribution is -2.21. The van der Waals surface area contributed by atoms with Crippen LogP contribution in [-0.4, -0.2) is 48.3 Å². The van der Waals surface area contributed by atoms with Crippen LogP contribution in [0.4, 0.5) is 53.5 Å². The van der Waals surface area contributed by atoms with Crippen LogP contribution in [0, 0.1) is 23.3 Å². The fraction of sp³-hybridized carbons (Fsp3) is 0.431. The minimum Gasteiger partial charge on any atom is -0.478 e. The summed E-state index contributed by atoms with van der Waals surface area (Å²) in [6.45, 7) is 4.19. The van der Waals surface area contributed by atoms with Gasteiger partial charge in [0.1, 0.15) is 15.0 Å². The Morgan fingerprint density at radius 3 is 1.30 bits per heavy atom. The molecule has 0 atom stereocenters. The Labute approximate surface area is 421 Å². The van der Waals surface area contributed by atoms with Crippen LogP contribution in [0.15, 0.2) is 52.5 Å². The summed E-state index contributed by atoms with van der Waals surface area (Å²) < 4.78 is 62.8. The van der Waals surface area contributed by atoms with E-state index >= 15 is 0 Å². The maximum Gasteiger partial charge on any atom is 0.341 e. The van der Waals surface area contributed by atoms with Crippen LogP contribution >= 0.6 is 34.0 Å². The van der Waals surface area contributed by atoms with E-state index in [-0.39, 0.29) is 46.4 Å². The lowest BCUT2D eigenvalue weighted by Gasteiger charge is -2.22. The van der Waals surface area contributed by atoms with Crippen molar-refractivity contribution in [2.75, 3.05) is 40.2 Å². The first-order valence-electron chi connectivity index (χ1n) is 23.9. The SMILES string of the molecule is CCOC(=O)c1c(C2CCCCC2)csc1N.CCOC(=O)c1c(C2CCCCC2)csc1NC(=O)Nc1ccc(F)c(F)c1.O=C(Nc1ccc(F)c(F)c1)Nc1scc(C2CCCCC2)c1C(=O)O. The minimum absolute atomic E-state index is 0.0716. The molecule has 20 heteroatoms. The van der Waals surface area contributed by atoms with Crippen molar-refractivity contribution in [2.24, 2.45) is 0 Å². The number of carboxylic acids is 1. The number of carboxylic acid groups (broad SMARTS) is 1. The molecule has 4 amide bonds. The molecule has 3 aliphatic carbocycles. The Hall–Kier alpha value is -5.99. The highest BCUT2D eigenvalue weighted by molar-refractivity contribution is 7.15. The number of carbonyl (C=O) groups is 5. The first-order valence-corrected chi connectivity index (χ1v) is 26.6. The van der Waals surface area contributed by atoms with E-state index in [1.54, 1.807) is 12.3 Å². The number of thiophene rings is 3. The molecule has 3 aromatic heterocycles. The summed E-state index contributed by atoms with van der Waals surface area (Å²) in [4.78, 5) is 60.6. The lowest BCUT2D eigenvalue weighted by molar-refractivity contribution is 0.0516. The number of rotatable bonds is 12. The van der Waals surface area contributed by atoms with Gasteiger partial charge in [-0.2, -0.15) is 0 Å². The standard InChI is InChI=1S/C20H22F2N2O3S.C18H18F2N2O3S.C13H19NO2S/c1-2-27-19(25)17-14(12-6-4-3-5-7-12)11-28-18(17)24-20(26)23-13-8-9-15(21)16(22)10-13;19-13-7-6-11(8-14(13)20)21-18(25)22-16-15(17(23)24)12(9-26-16)10-4-2-1-3-5-10;1-2-16-13(15)11-10(8-17-12(11)14)9-6-4-3-5-7-9/h8-12H,2-7H2,1H3,(H2,23,24,26);6-10H,1-5H2,(H,23,24)(H2,21,22,25);8-9H,2-7,14H2,1H3. The van der Waals surface area contributed by atoms with Gasteiger partial charge < -0.3 is 30.9 Å². The molecule has 0 radical (unpaired) electrons. The van der Waals surface area contributed by atoms with E-state index in [0.717, 1.165) is 110 Å². The number of aromatic carboxylic acids is 1. The number of esters is 2. The number of nitrogens with two attached hydrogens (primary N) is 1. The summed E-state index contributed by atoms with van der Waals surface area (Å²) in [6, 6.07) is 4.70. The molecular formula is C51H59F4N5O8S3. The molecule has 0 saturated heterocycles. The van der Waals surface area contributed by atoms with E-state index < -0.39 is 47.3 Å². The van der Waals surface area contributed by atoms with Gasteiger partial charge in [-0.1, -0.05) is 57.8 Å². The fourth-order valence-electron chi connectivity index (χ4n) is 9.19. The van der Waals surface area contributed by atoms with E-state index in [1.807, 2.05) is 17.7 Å². The second-order valence-corrected chi connectivity index (χ2v) is 20.1. The van der Waals surface area contributed by atoms with Gasteiger partial charge in [0.25, 0.3) is 0 Å². The van der Waals surface area contributed by atoms with Gasteiger partial charge in [-0.3, -0.25) is 10.6 Å². The van der Waals surface area contributed by atoms with Crippen molar-refractivity contribution in [3.63, 3.8) is 0 Å². The predicted octanol–water partition coefficient (Wildman–Crippen LogP) is 14.9. The highest BCUT2D eigenvalue weighted by atomic mass is 32.1. The van der Waals surface area contributed by atoms with Crippen LogP contribution in [0.3, 0.4) is 0 Å². The number of nitrogen functional groups attached to an aromatic ring is 1. The molecule has 2 aromatic carbocycles. The van der Waals surface area contributed by atoms with Crippen molar-refractivity contribution >= 4 is 90.4 Å². The Bertz CT molecular complexity index is 2640. The Kier molecular flexibility index (Phi) is 20.2. The molecule has 0 bridgehead atoms. The number of hydrogen-bond donors (Lipinski definition) is 6. The van der Waals surface area contributed by atoms with Gasteiger partial charge in [0.05, 0.1) is 29.9 Å². The van der Waals surface area contributed by atoms with Crippen LogP contribution in [0.2, 0.25) is 0 Å². The summed E-state index contributed by atoms with van der Waals surface area (Å²) in [5.74, 6) is -4.99. The van der Waals surface area contributed by atoms with Gasteiger partial charge in [0.2, 0.25) is 0 Å². The zero-order valence-corrected chi connectivity index (χ0v) is 42.0. The van der Waals surface area contributed by atoms with Gasteiger partial charge in [0, 0.05) is 23.5 Å². The first-order chi connectivity index (χ1) is 34.2.